The number of carbonyl (C=O) groups excluding carboxylic acids is 1. The Labute approximate surface area is 132 Å². The van der Waals surface area contributed by atoms with Crippen molar-refractivity contribution in [3.05, 3.63) is 11.6 Å². The summed E-state index contributed by atoms with van der Waals surface area (Å²) in [4.78, 5) is 11.6. The zero-order valence-electron chi connectivity index (χ0n) is 14.0. The SMILES string of the molecule is CCOC(=O)/C(C)=C/C[C@H]1[C@H](C)[C@@H](O)[C@H](OC)[C@H](OC)[C@H]1O. The van der Waals surface area contributed by atoms with E-state index in [-0.39, 0.29) is 17.8 Å². The second-order valence-corrected chi connectivity index (χ2v) is 5.75. The zero-order chi connectivity index (χ0) is 16.9. The van der Waals surface area contributed by atoms with Gasteiger partial charge >= 0.3 is 5.97 Å². The lowest BCUT2D eigenvalue weighted by Crippen LogP contribution is -2.59. The summed E-state index contributed by atoms with van der Waals surface area (Å²) in [6.07, 6.45) is -0.479. The van der Waals surface area contributed by atoms with Crippen LogP contribution in [0.4, 0.5) is 0 Å². The second kappa shape index (κ2) is 8.62. The zero-order valence-corrected chi connectivity index (χ0v) is 14.0. The van der Waals surface area contributed by atoms with E-state index < -0.39 is 24.4 Å². The summed E-state index contributed by atoms with van der Waals surface area (Å²) < 4.78 is 15.5. The predicted molar refractivity (Wildman–Crippen MR) is 81.3 cm³/mol. The van der Waals surface area contributed by atoms with Gasteiger partial charge in [-0.1, -0.05) is 13.0 Å². The molecule has 128 valence electrons. The van der Waals surface area contributed by atoms with Gasteiger partial charge in [0.25, 0.3) is 0 Å². The lowest BCUT2D eigenvalue weighted by atomic mass is 9.71. The molecule has 0 radical (unpaired) electrons. The standard InChI is InChI=1S/C16H28O6/c1-6-22-16(19)9(2)7-8-11-10(3)12(17)14(20-4)15(21-5)13(11)18/h7,10-15,17-18H,6,8H2,1-5H3/b9-7+/t10-,11-,12+,13-,14-,15+/m0/s1. The van der Waals surface area contributed by atoms with Crippen LogP contribution in [-0.4, -0.2) is 61.4 Å². The smallest absolute Gasteiger partial charge is 0.333 e. The number of ether oxygens (including phenoxy) is 3. The van der Waals surface area contributed by atoms with Gasteiger partial charge in [0.1, 0.15) is 12.2 Å². The number of allylic oxidation sites excluding steroid dienone is 1. The van der Waals surface area contributed by atoms with Crippen molar-refractivity contribution in [3.63, 3.8) is 0 Å². The van der Waals surface area contributed by atoms with Crippen LogP contribution in [0.5, 0.6) is 0 Å². The molecule has 0 bridgehead atoms. The van der Waals surface area contributed by atoms with Gasteiger partial charge in [-0.15, -0.1) is 0 Å². The van der Waals surface area contributed by atoms with Crippen molar-refractivity contribution in [2.45, 2.75) is 51.6 Å². The van der Waals surface area contributed by atoms with Crippen LogP contribution in [0.15, 0.2) is 11.6 Å². The van der Waals surface area contributed by atoms with Gasteiger partial charge in [-0.05, 0) is 32.1 Å². The van der Waals surface area contributed by atoms with E-state index in [0.29, 0.717) is 18.6 Å². The first-order valence-electron chi connectivity index (χ1n) is 7.64. The minimum absolute atomic E-state index is 0.183. The number of methoxy groups -OCH3 is 2. The van der Waals surface area contributed by atoms with Crippen LogP contribution < -0.4 is 0 Å². The van der Waals surface area contributed by atoms with Crippen molar-refractivity contribution in [1.29, 1.82) is 0 Å². The quantitative estimate of drug-likeness (QED) is 0.559. The number of rotatable bonds is 6. The molecule has 0 unspecified atom stereocenters. The average molecular weight is 316 g/mol. The van der Waals surface area contributed by atoms with Crippen molar-refractivity contribution in [1.82, 2.24) is 0 Å². The third-order valence-electron chi connectivity index (χ3n) is 4.49. The second-order valence-electron chi connectivity index (χ2n) is 5.75. The average Bonchev–Trinajstić information content (AvgIpc) is 2.50. The number of carbonyl (C=O) groups is 1. The van der Waals surface area contributed by atoms with Crippen molar-refractivity contribution in [2.24, 2.45) is 11.8 Å². The third-order valence-corrected chi connectivity index (χ3v) is 4.49. The number of aliphatic hydroxyl groups is 2. The Morgan fingerprint density at radius 1 is 1.14 bits per heavy atom. The Morgan fingerprint density at radius 2 is 1.68 bits per heavy atom. The first kappa shape index (κ1) is 19.1. The van der Waals surface area contributed by atoms with E-state index >= 15 is 0 Å². The maximum atomic E-state index is 11.6. The van der Waals surface area contributed by atoms with Gasteiger partial charge in [0, 0.05) is 19.8 Å². The molecule has 0 aromatic heterocycles. The molecule has 6 heteroatoms. The molecule has 0 amide bonds. The summed E-state index contributed by atoms with van der Waals surface area (Å²) in [5, 5.41) is 20.9. The summed E-state index contributed by atoms with van der Waals surface area (Å²) in [5.41, 5.74) is 0.499. The van der Waals surface area contributed by atoms with Crippen LogP contribution in [0.25, 0.3) is 0 Å². The molecule has 22 heavy (non-hydrogen) atoms. The molecule has 1 fully saturated rings. The van der Waals surface area contributed by atoms with Crippen molar-refractivity contribution in [2.75, 3.05) is 20.8 Å². The van der Waals surface area contributed by atoms with E-state index in [4.69, 9.17) is 14.2 Å². The number of hydrogen-bond donors (Lipinski definition) is 2. The van der Waals surface area contributed by atoms with E-state index in [2.05, 4.69) is 0 Å². The molecule has 6 atom stereocenters. The fraction of sp³-hybridized carbons (Fsp3) is 0.812. The van der Waals surface area contributed by atoms with Crippen LogP contribution in [0.2, 0.25) is 0 Å². The topological polar surface area (TPSA) is 85.2 Å². The summed E-state index contributed by atoms with van der Waals surface area (Å²) in [7, 11) is 2.98. The van der Waals surface area contributed by atoms with Crippen LogP contribution in [0, 0.1) is 11.8 Å². The number of esters is 1. The van der Waals surface area contributed by atoms with E-state index in [1.165, 1.54) is 14.2 Å². The molecule has 0 aromatic rings. The summed E-state index contributed by atoms with van der Waals surface area (Å²) >= 11 is 0. The molecular formula is C16H28O6. The third kappa shape index (κ3) is 4.07. The van der Waals surface area contributed by atoms with Crippen molar-refractivity contribution in [3.8, 4) is 0 Å². The molecule has 1 saturated carbocycles. The first-order valence-corrected chi connectivity index (χ1v) is 7.64. The normalized spacial score (nSPS) is 36.2. The van der Waals surface area contributed by atoms with Gasteiger partial charge in [-0.3, -0.25) is 0 Å². The molecule has 6 nitrogen and oxygen atoms in total. The monoisotopic (exact) mass is 316 g/mol. The fourth-order valence-electron chi connectivity index (χ4n) is 3.04. The summed E-state index contributed by atoms with van der Waals surface area (Å²) in [5.74, 6) is -0.771. The highest BCUT2D eigenvalue weighted by molar-refractivity contribution is 5.87. The fourth-order valence-corrected chi connectivity index (χ4v) is 3.04. The maximum absolute atomic E-state index is 11.6. The van der Waals surface area contributed by atoms with Crippen LogP contribution in [0.3, 0.4) is 0 Å². The van der Waals surface area contributed by atoms with Gasteiger partial charge in [0.05, 0.1) is 18.8 Å². The molecule has 0 saturated heterocycles. The highest BCUT2D eigenvalue weighted by atomic mass is 16.5. The Morgan fingerprint density at radius 3 is 2.18 bits per heavy atom. The van der Waals surface area contributed by atoms with E-state index in [9.17, 15) is 15.0 Å². The molecule has 1 aliphatic rings. The molecule has 0 heterocycles. The van der Waals surface area contributed by atoms with Crippen LogP contribution in [0.1, 0.15) is 27.2 Å². The van der Waals surface area contributed by atoms with E-state index in [0.717, 1.165) is 0 Å². The van der Waals surface area contributed by atoms with Gasteiger partial charge in [0.15, 0.2) is 0 Å². The molecular weight excluding hydrogens is 288 g/mol. The highest BCUT2D eigenvalue weighted by Crippen LogP contribution is 2.36. The summed E-state index contributed by atoms with van der Waals surface area (Å²) in [6.45, 7) is 5.62. The Bertz CT molecular complexity index is 394. The summed E-state index contributed by atoms with van der Waals surface area (Å²) in [6, 6.07) is 0. The largest absolute Gasteiger partial charge is 0.463 e. The molecule has 1 rings (SSSR count). The van der Waals surface area contributed by atoms with E-state index in [1.807, 2.05) is 6.92 Å². The highest BCUT2D eigenvalue weighted by Gasteiger charge is 2.48. The van der Waals surface area contributed by atoms with E-state index in [1.54, 1.807) is 19.9 Å². The predicted octanol–water partition coefficient (Wildman–Crippen LogP) is 0.904. The number of aliphatic hydroxyl groups excluding tert-OH is 2. The molecule has 0 aliphatic heterocycles. The molecule has 0 aromatic carbocycles. The minimum Gasteiger partial charge on any atom is -0.463 e. The Hall–Kier alpha value is -0.950. The lowest BCUT2D eigenvalue weighted by Gasteiger charge is -2.45. The first-order chi connectivity index (χ1) is 10.4. The Kier molecular flexibility index (Phi) is 7.48. The molecule has 2 N–H and O–H groups in total. The Balaban J connectivity index is 2.85. The van der Waals surface area contributed by atoms with Gasteiger partial charge in [-0.25, -0.2) is 4.79 Å². The van der Waals surface area contributed by atoms with Gasteiger partial charge < -0.3 is 24.4 Å². The number of hydrogen-bond acceptors (Lipinski definition) is 6. The van der Waals surface area contributed by atoms with Gasteiger partial charge in [-0.2, -0.15) is 0 Å². The van der Waals surface area contributed by atoms with Crippen molar-refractivity contribution < 1.29 is 29.2 Å². The molecule has 1 aliphatic carbocycles. The van der Waals surface area contributed by atoms with Crippen LogP contribution >= 0.6 is 0 Å². The van der Waals surface area contributed by atoms with Crippen LogP contribution in [-0.2, 0) is 19.0 Å². The van der Waals surface area contributed by atoms with Crippen molar-refractivity contribution >= 4 is 5.97 Å². The van der Waals surface area contributed by atoms with Gasteiger partial charge in [0.2, 0.25) is 0 Å². The maximum Gasteiger partial charge on any atom is 0.333 e. The minimum atomic E-state index is -0.778. The lowest BCUT2D eigenvalue weighted by molar-refractivity contribution is -0.198. The molecule has 0 spiro atoms.